The van der Waals surface area contributed by atoms with Gasteiger partial charge < -0.3 is 14.8 Å². The van der Waals surface area contributed by atoms with Crippen LogP contribution in [0.4, 0.5) is 5.69 Å². The van der Waals surface area contributed by atoms with E-state index in [-0.39, 0.29) is 11.5 Å². The number of rotatable bonds is 8. The number of amides is 1. The van der Waals surface area contributed by atoms with Gasteiger partial charge in [0.2, 0.25) is 0 Å². The molecule has 0 saturated heterocycles. The number of hydrogen-bond donors (Lipinski definition) is 1. The molecule has 11 heteroatoms. The first-order valence-electron chi connectivity index (χ1n) is 14.1. The number of para-hydroxylation sites is 1. The van der Waals surface area contributed by atoms with Gasteiger partial charge in [-0.25, -0.2) is 4.99 Å². The van der Waals surface area contributed by atoms with Crippen LogP contribution in [0.1, 0.15) is 29.7 Å². The summed E-state index contributed by atoms with van der Waals surface area (Å²) in [7, 11) is 1.58. The average molecular weight is 827 g/mol. The average Bonchev–Trinajstić information content (AvgIpc) is 3.34. The highest BCUT2D eigenvalue weighted by molar-refractivity contribution is 14.1. The van der Waals surface area contributed by atoms with Gasteiger partial charge in [-0.3, -0.25) is 14.2 Å². The minimum atomic E-state index is -0.738. The number of nitrogens with one attached hydrogen (secondary N) is 1. The number of allylic oxidation sites excluding steroid dienone is 1. The summed E-state index contributed by atoms with van der Waals surface area (Å²) in [6, 6.07) is 27.2. The van der Waals surface area contributed by atoms with Gasteiger partial charge in [-0.2, -0.15) is 0 Å². The second-order valence-corrected chi connectivity index (χ2v) is 13.9. The predicted molar refractivity (Wildman–Crippen MR) is 194 cm³/mol. The number of carbonyl (C=O) groups is 1. The molecule has 0 spiro atoms. The van der Waals surface area contributed by atoms with Gasteiger partial charge in [0.25, 0.3) is 11.5 Å². The Bertz CT molecular complexity index is 2180. The fourth-order valence-electron chi connectivity index (χ4n) is 5.22. The molecule has 0 saturated carbocycles. The van der Waals surface area contributed by atoms with E-state index >= 15 is 0 Å². The Kier molecular flexibility index (Phi) is 9.78. The lowest BCUT2D eigenvalue weighted by atomic mass is 9.95. The molecule has 0 fully saturated rings. The molecule has 4 aromatic carbocycles. The summed E-state index contributed by atoms with van der Waals surface area (Å²) >= 11 is 13.3. The van der Waals surface area contributed by atoms with Gasteiger partial charge >= 0.3 is 0 Å². The molecule has 5 aromatic rings. The first-order valence-corrected chi connectivity index (χ1v) is 17.2. The molecule has 1 aromatic heterocycles. The maximum absolute atomic E-state index is 14.3. The summed E-state index contributed by atoms with van der Waals surface area (Å²) in [6.07, 6.45) is 1.82. The number of ether oxygens (including phenoxy) is 2. The molecule has 1 N–H and O–H groups in total. The number of thiazole rings is 1. The van der Waals surface area contributed by atoms with E-state index in [1.807, 2.05) is 97.1 Å². The van der Waals surface area contributed by atoms with Crippen LogP contribution < -0.4 is 29.7 Å². The van der Waals surface area contributed by atoms with Crippen LogP contribution in [0.5, 0.6) is 11.5 Å². The van der Waals surface area contributed by atoms with Crippen LogP contribution in [0.3, 0.4) is 0 Å². The standard InChI is InChI=1S/C35H26BrClIN3O4S/c1-20-30(33(42)40-26-11-4-3-5-12-26)31(22-9-7-13-27(16-22)44-2)41-34(43)29(46-35(41)39-20)17-23-15-24(36)18-28(38)32(23)45-19-21-8-6-10-25(37)14-21/h3-18,31H,19H2,1-2H3,(H,40,42)/b29-17-/t31-/m1/s1. The van der Waals surface area contributed by atoms with Crippen molar-refractivity contribution in [3.63, 3.8) is 0 Å². The molecule has 0 bridgehead atoms. The lowest BCUT2D eigenvalue weighted by Crippen LogP contribution is -2.40. The maximum Gasteiger partial charge on any atom is 0.271 e. The number of benzene rings is 4. The second kappa shape index (κ2) is 14.0. The zero-order valence-electron chi connectivity index (χ0n) is 24.6. The lowest BCUT2D eigenvalue weighted by molar-refractivity contribution is -0.113. The molecule has 0 unspecified atom stereocenters. The Morgan fingerprint density at radius 2 is 1.87 bits per heavy atom. The number of carbonyl (C=O) groups excluding carboxylic acids is 1. The first kappa shape index (κ1) is 32.2. The number of anilines is 1. The largest absolute Gasteiger partial charge is 0.497 e. The van der Waals surface area contributed by atoms with Gasteiger partial charge in [-0.05, 0) is 95.2 Å². The molecule has 46 heavy (non-hydrogen) atoms. The molecule has 6 rings (SSSR count). The van der Waals surface area contributed by atoms with Crippen molar-refractivity contribution in [3.8, 4) is 11.5 Å². The van der Waals surface area contributed by atoms with Crippen LogP contribution in [0.15, 0.2) is 117 Å². The Hall–Kier alpha value is -3.71. The normalized spacial score (nSPS) is 14.5. The predicted octanol–water partition coefficient (Wildman–Crippen LogP) is 7.48. The summed E-state index contributed by atoms with van der Waals surface area (Å²) in [6.45, 7) is 2.10. The van der Waals surface area contributed by atoms with E-state index < -0.39 is 6.04 Å². The van der Waals surface area contributed by atoms with E-state index in [0.717, 1.165) is 24.7 Å². The number of fused-ring (bicyclic) bond motifs is 1. The minimum Gasteiger partial charge on any atom is -0.497 e. The Morgan fingerprint density at radius 1 is 1.09 bits per heavy atom. The molecule has 0 aliphatic carbocycles. The molecule has 1 atom stereocenters. The van der Waals surface area contributed by atoms with E-state index in [0.29, 0.717) is 49.4 Å². The highest BCUT2D eigenvalue weighted by Crippen LogP contribution is 2.34. The van der Waals surface area contributed by atoms with Crippen molar-refractivity contribution in [2.75, 3.05) is 12.4 Å². The number of halogens is 3. The fraction of sp³-hybridized carbons (Fsp3) is 0.114. The molecule has 232 valence electrons. The minimum absolute atomic E-state index is 0.273. The van der Waals surface area contributed by atoms with Crippen LogP contribution in [0.25, 0.3) is 6.08 Å². The molecule has 2 heterocycles. The van der Waals surface area contributed by atoms with E-state index in [4.69, 9.17) is 26.1 Å². The second-order valence-electron chi connectivity index (χ2n) is 10.4. The first-order chi connectivity index (χ1) is 22.2. The summed E-state index contributed by atoms with van der Waals surface area (Å²) in [5, 5.41) is 3.61. The summed E-state index contributed by atoms with van der Waals surface area (Å²) in [5.74, 6) is 0.910. The highest BCUT2D eigenvalue weighted by Gasteiger charge is 2.33. The Labute approximate surface area is 296 Å². The van der Waals surface area contributed by atoms with Gasteiger partial charge in [-0.1, -0.05) is 81.3 Å². The number of methoxy groups -OCH3 is 1. The summed E-state index contributed by atoms with van der Waals surface area (Å²) in [5.41, 5.74) is 3.64. The van der Waals surface area contributed by atoms with Gasteiger partial charge in [0, 0.05) is 20.7 Å². The van der Waals surface area contributed by atoms with E-state index in [1.165, 1.54) is 11.3 Å². The monoisotopic (exact) mass is 825 g/mol. The van der Waals surface area contributed by atoms with Crippen molar-refractivity contribution in [1.82, 2.24) is 4.57 Å². The third-order valence-corrected chi connectivity index (χ3v) is 9.78. The van der Waals surface area contributed by atoms with Gasteiger partial charge in [0.15, 0.2) is 4.80 Å². The third kappa shape index (κ3) is 6.85. The number of hydrogen-bond acceptors (Lipinski definition) is 6. The van der Waals surface area contributed by atoms with E-state index in [2.05, 4.69) is 43.8 Å². The molecule has 7 nitrogen and oxygen atoms in total. The van der Waals surface area contributed by atoms with Crippen molar-refractivity contribution >= 4 is 79.1 Å². The van der Waals surface area contributed by atoms with Crippen molar-refractivity contribution in [2.24, 2.45) is 4.99 Å². The van der Waals surface area contributed by atoms with Crippen LogP contribution in [0, 0.1) is 3.57 Å². The quantitative estimate of drug-likeness (QED) is 0.165. The van der Waals surface area contributed by atoms with Gasteiger partial charge in [0.1, 0.15) is 18.1 Å². The molecular formula is C35H26BrClIN3O4S. The fourth-order valence-corrected chi connectivity index (χ4v) is 8.18. The zero-order chi connectivity index (χ0) is 32.4. The highest BCUT2D eigenvalue weighted by atomic mass is 127. The van der Waals surface area contributed by atoms with E-state index in [1.54, 1.807) is 18.6 Å². The van der Waals surface area contributed by atoms with Crippen molar-refractivity contribution < 1.29 is 14.3 Å². The molecule has 1 amide bonds. The molecule has 1 aliphatic rings. The van der Waals surface area contributed by atoms with Crippen LogP contribution in [-0.2, 0) is 11.4 Å². The maximum atomic E-state index is 14.3. The van der Waals surface area contributed by atoms with Crippen LogP contribution in [0.2, 0.25) is 5.02 Å². The molecular weight excluding hydrogens is 801 g/mol. The molecule has 0 radical (unpaired) electrons. The van der Waals surface area contributed by atoms with E-state index in [9.17, 15) is 9.59 Å². The SMILES string of the molecule is COc1cccc([C@@H]2C(C(=O)Nc3ccccc3)=C(C)N=c3s/c(=C\c4cc(Br)cc(I)c4OCc4cccc(Cl)c4)c(=O)n32)c1. The Balaban J connectivity index is 1.47. The smallest absolute Gasteiger partial charge is 0.271 e. The third-order valence-electron chi connectivity index (χ3n) is 7.30. The lowest BCUT2D eigenvalue weighted by Gasteiger charge is -2.25. The number of nitrogens with zero attached hydrogens (tertiary/aromatic N) is 2. The molecule has 1 aliphatic heterocycles. The number of aromatic nitrogens is 1. The van der Waals surface area contributed by atoms with Crippen molar-refractivity contribution in [1.29, 1.82) is 0 Å². The van der Waals surface area contributed by atoms with Crippen LogP contribution >= 0.6 is 61.5 Å². The summed E-state index contributed by atoms with van der Waals surface area (Å²) < 4.78 is 15.6. The topological polar surface area (TPSA) is 81.9 Å². The van der Waals surface area contributed by atoms with Crippen molar-refractivity contribution in [2.45, 2.75) is 19.6 Å². The Morgan fingerprint density at radius 3 is 2.63 bits per heavy atom. The zero-order valence-corrected chi connectivity index (χ0v) is 29.9. The van der Waals surface area contributed by atoms with Gasteiger partial charge in [-0.15, -0.1) is 0 Å². The van der Waals surface area contributed by atoms with Gasteiger partial charge in [0.05, 0.1) is 32.5 Å². The summed E-state index contributed by atoms with van der Waals surface area (Å²) in [4.78, 5) is 33.4. The van der Waals surface area contributed by atoms with Crippen LogP contribution in [-0.4, -0.2) is 17.6 Å². The van der Waals surface area contributed by atoms with Crippen molar-refractivity contribution in [3.05, 3.63) is 152 Å².